The highest BCUT2D eigenvalue weighted by Gasteiger charge is 2.10. The molecule has 2 aromatic rings. The van der Waals surface area contributed by atoms with Gasteiger partial charge in [-0.15, -0.1) is 0 Å². The first-order valence-corrected chi connectivity index (χ1v) is 5.58. The summed E-state index contributed by atoms with van der Waals surface area (Å²) in [5, 5.41) is 11.0. The molecule has 2 aromatic carbocycles. The van der Waals surface area contributed by atoms with Gasteiger partial charge in [-0.05, 0) is 23.8 Å². The smallest absolute Gasteiger partial charge is 0.270 e. The number of hydrogen-bond donors (Lipinski definition) is 0. The molecule has 0 aliphatic rings. The number of ether oxygens (including phenoxy) is 1. The molecule has 2 rings (SSSR count). The maximum absolute atomic E-state index is 10.6. The predicted octanol–water partition coefficient (Wildman–Crippen LogP) is 3.92. The summed E-state index contributed by atoms with van der Waals surface area (Å²) in [6.45, 7) is 0. The Morgan fingerprint density at radius 2 is 1.83 bits per heavy atom. The van der Waals surface area contributed by atoms with Gasteiger partial charge in [0.25, 0.3) is 5.69 Å². The van der Waals surface area contributed by atoms with Crippen LogP contribution in [0.3, 0.4) is 0 Å². The standard InChI is InChI=1S/C13H10ClNO3/c1-18-11-5-2-9(3-6-11)12-7-4-10(15(16)17)8-13(12)14/h2-8H,1H3. The van der Waals surface area contributed by atoms with Gasteiger partial charge in [-0.3, -0.25) is 10.1 Å². The SMILES string of the molecule is COc1ccc(-c2ccc([N+](=O)[O-])cc2Cl)cc1. The first-order valence-electron chi connectivity index (χ1n) is 5.20. The number of hydrogen-bond acceptors (Lipinski definition) is 3. The fourth-order valence-electron chi connectivity index (χ4n) is 1.62. The van der Waals surface area contributed by atoms with Crippen molar-refractivity contribution in [2.75, 3.05) is 7.11 Å². The summed E-state index contributed by atoms with van der Waals surface area (Å²) in [7, 11) is 1.59. The average molecular weight is 264 g/mol. The van der Waals surface area contributed by atoms with E-state index in [1.165, 1.54) is 12.1 Å². The Labute approximate surface area is 109 Å². The van der Waals surface area contributed by atoms with E-state index in [0.29, 0.717) is 5.02 Å². The molecule has 0 aromatic heterocycles. The van der Waals surface area contributed by atoms with E-state index in [0.717, 1.165) is 16.9 Å². The molecule has 18 heavy (non-hydrogen) atoms. The zero-order chi connectivity index (χ0) is 13.1. The average Bonchev–Trinajstić information content (AvgIpc) is 2.38. The lowest BCUT2D eigenvalue weighted by atomic mass is 10.1. The number of halogens is 1. The molecule has 0 aliphatic carbocycles. The Balaban J connectivity index is 2.41. The van der Waals surface area contributed by atoms with Crippen molar-refractivity contribution in [3.63, 3.8) is 0 Å². The minimum Gasteiger partial charge on any atom is -0.497 e. The van der Waals surface area contributed by atoms with Crippen LogP contribution in [0, 0.1) is 10.1 Å². The third kappa shape index (κ3) is 2.43. The summed E-state index contributed by atoms with van der Waals surface area (Å²) < 4.78 is 5.06. The van der Waals surface area contributed by atoms with Gasteiger partial charge in [-0.1, -0.05) is 23.7 Å². The number of benzene rings is 2. The zero-order valence-corrected chi connectivity index (χ0v) is 10.3. The second-order valence-electron chi connectivity index (χ2n) is 3.65. The highest BCUT2D eigenvalue weighted by atomic mass is 35.5. The summed E-state index contributed by atoms with van der Waals surface area (Å²) in [5.41, 5.74) is 1.62. The molecule has 4 nitrogen and oxygen atoms in total. The molecular weight excluding hydrogens is 254 g/mol. The molecule has 0 unspecified atom stereocenters. The lowest BCUT2D eigenvalue weighted by Crippen LogP contribution is -1.89. The highest BCUT2D eigenvalue weighted by molar-refractivity contribution is 6.33. The van der Waals surface area contributed by atoms with Crippen LogP contribution in [0.1, 0.15) is 0 Å². The second kappa shape index (κ2) is 5.06. The lowest BCUT2D eigenvalue weighted by molar-refractivity contribution is -0.384. The monoisotopic (exact) mass is 263 g/mol. The molecule has 5 heteroatoms. The molecule has 0 amide bonds. The molecule has 0 atom stereocenters. The predicted molar refractivity (Wildman–Crippen MR) is 70.1 cm³/mol. The Morgan fingerprint density at radius 3 is 2.33 bits per heavy atom. The van der Waals surface area contributed by atoms with E-state index in [2.05, 4.69) is 0 Å². The minimum atomic E-state index is -0.469. The first-order chi connectivity index (χ1) is 8.61. The fourth-order valence-corrected chi connectivity index (χ4v) is 1.91. The highest BCUT2D eigenvalue weighted by Crippen LogP contribution is 2.31. The molecule has 0 fully saturated rings. The van der Waals surface area contributed by atoms with Crippen LogP contribution < -0.4 is 4.74 Å². The fraction of sp³-hybridized carbons (Fsp3) is 0.0769. The van der Waals surface area contributed by atoms with Crippen LogP contribution >= 0.6 is 11.6 Å². The van der Waals surface area contributed by atoms with Crippen LogP contribution in [0.15, 0.2) is 42.5 Å². The van der Waals surface area contributed by atoms with Gasteiger partial charge in [0.15, 0.2) is 0 Å². The van der Waals surface area contributed by atoms with Crippen molar-refractivity contribution in [2.45, 2.75) is 0 Å². The normalized spacial score (nSPS) is 10.1. The lowest BCUT2D eigenvalue weighted by Gasteiger charge is -2.05. The maximum atomic E-state index is 10.6. The number of nitro benzene ring substituents is 1. The largest absolute Gasteiger partial charge is 0.497 e. The molecular formula is C13H10ClNO3. The van der Waals surface area contributed by atoms with Gasteiger partial charge in [-0.25, -0.2) is 0 Å². The molecule has 92 valence electrons. The Bertz CT molecular complexity index is 581. The van der Waals surface area contributed by atoms with Crippen molar-refractivity contribution in [2.24, 2.45) is 0 Å². The van der Waals surface area contributed by atoms with Crippen LogP contribution in [0.5, 0.6) is 5.75 Å². The van der Waals surface area contributed by atoms with Crippen molar-refractivity contribution < 1.29 is 9.66 Å². The Hall–Kier alpha value is -2.07. The summed E-state index contributed by atoms with van der Waals surface area (Å²) in [4.78, 5) is 10.1. The van der Waals surface area contributed by atoms with Crippen LogP contribution in [-0.2, 0) is 0 Å². The van der Waals surface area contributed by atoms with Gasteiger partial charge in [-0.2, -0.15) is 0 Å². The van der Waals surface area contributed by atoms with Crippen molar-refractivity contribution >= 4 is 17.3 Å². The van der Waals surface area contributed by atoms with Crippen LogP contribution in [0.2, 0.25) is 5.02 Å². The number of nitro groups is 1. The summed E-state index contributed by atoms with van der Waals surface area (Å²) in [6, 6.07) is 11.8. The van der Waals surface area contributed by atoms with Crippen molar-refractivity contribution in [3.8, 4) is 16.9 Å². The van der Waals surface area contributed by atoms with E-state index in [9.17, 15) is 10.1 Å². The third-order valence-corrected chi connectivity index (χ3v) is 2.88. The molecule has 0 spiro atoms. The van der Waals surface area contributed by atoms with Gasteiger partial charge in [0.2, 0.25) is 0 Å². The van der Waals surface area contributed by atoms with E-state index in [-0.39, 0.29) is 5.69 Å². The minimum absolute atomic E-state index is 0.0164. The van der Waals surface area contributed by atoms with E-state index >= 15 is 0 Å². The zero-order valence-electron chi connectivity index (χ0n) is 9.59. The van der Waals surface area contributed by atoms with E-state index in [1.807, 2.05) is 24.3 Å². The Kier molecular flexibility index (Phi) is 3.48. The van der Waals surface area contributed by atoms with Crippen molar-refractivity contribution in [3.05, 3.63) is 57.6 Å². The van der Waals surface area contributed by atoms with Gasteiger partial charge in [0, 0.05) is 17.7 Å². The first kappa shape index (κ1) is 12.4. The molecule has 0 heterocycles. The molecule has 0 aliphatic heterocycles. The summed E-state index contributed by atoms with van der Waals surface area (Å²) in [5.74, 6) is 0.747. The van der Waals surface area contributed by atoms with Gasteiger partial charge < -0.3 is 4.74 Å². The summed E-state index contributed by atoms with van der Waals surface area (Å²) >= 11 is 6.05. The third-order valence-electron chi connectivity index (χ3n) is 2.56. The maximum Gasteiger partial charge on any atom is 0.270 e. The second-order valence-corrected chi connectivity index (χ2v) is 4.06. The van der Waals surface area contributed by atoms with Crippen molar-refractivity contribution in [1.29, 1.82) is 0 Å². The molecule has 0 bridgehead atoms. The number of methoxy groups -OCH3 is 1. The topological polar surface area (TPSA) is 52.4 Å². The van der Waals surface area contributed by atoms with Crippen molar-refractivity contribution in [1.82, 2.24) is 0 Å². The van der Waals surface area contributed by atoms with Crippen LogP contribution in [0.25, 0.3) is 11.1 Å². The molecule has 0 N–H and O–H groups in total. The quantitative estimate of drug-likeness (QED) is 0.623. The molecule has 0 saturated heterocycles. The molecule has 0 radical (unpaired) electrons. The number of non-ortho nitro benzene ring substituents is 1. The van der Waals surface area contributed by atoms with Crippen LogP contribution in [-0.4, -0.2) is 12.0 Å². The number of nitrogens with zero attached hydrogens (tertiary/aromatic N) is 1. The van der Waals surface area contributed by atoms with Crippen LogP contribution in [0.4, 0.5) is 5.69 Å². The number of rotatable bonds is 3. The van der Waals surface area contributed by atoms with E-state index in [4.69, 9.17) is 16.3 Å². The van der Waals surface area contributed by atoms with E-state index < -0.39 is 4.92 Å². The summed E-state index contributed by atoms with van der Waals surface area (Å²) in [6.07, 6.45) is 0. The van der Waals surface area contributed by atoms with Gasteiger partial charge in [0.1, 0.15) is 5.75 Å². The van der Waals surface area contributed by atoms with Gasteiger partial charge in [0.05, 0.1) is 17.1 Å². The van der Waals surface area contributed by atoms with E-state index in [1.54, 1.807) is 13.2 Å². The Morgan fingerprint density at radius 1 is 1.17 bits per heavy atom. The van der Waals surface area contributed by atoms with Gasteiger partial charge >= 0.3 is 0 Å². The molecule has 0 saturated carbocycles.